The van der Waals surface area contributed by atoms with Gasteiger partial charge in [0.15, 0.2) is 5.82 Å². The number of halogens is 1. The zero-order valence-electron chi connectivity index (χ0n) is 10.8. The number of benzene rings is 1. The third kappa shape index (κ3) is 2.97. The molecule has 0 spiro atoms. The predicted octanol–water partition coefficient (Wildman–Crippen LogP) is 2.11. The number of morpholine rings is 1. The summed E-state index contributed by atoms with van der Waals surface area (Å²) in [6.07, 6.45) is 1.66. The van der Waals surface area contributed by atoms with Gasteiger partial charge in [0.25, 0.3) is 0 Å². The zero-order valence-corrected chi connectivity index (χ0v) is 11.5. The van der Waals surface area contributed by atoms with Crippen molar-refractivity contribution in [2.75, 3.05) is 36.5 Å². The lowest BCUT2D eigenvalue weighted by molar-refractivity contribution is 0.122. The van der Waals surface area contributed by atoms with E-state index in [0.717, 1.165) is 24.6 Å². The lowest BCUT2D eigenvalue weighted by Gasteiger charge is -2.27. The molecule has 0 unspecified atom stereocenters. The van der Waals surface area contributed by atoms with Crippen molar-refractivity contribution in [2.45, 2.75) is 0 Å². The fourth-order valence-electron chi connectivity index (χ4n) is 1.98. The third-order valence-corrected chi connectivity index (χ3v) is 3.33. The van der Waals surface area contributed by atoms with Gasteiger partial charge < -0.3 is 15.0 Å². The average molecular weight is 292 g/mol. The van der Waals surface area contributed by atoms with E-state index in [9.17, 15) is 0 Å². The fraction of sp³-hybridized carbons (Fsp3) is 0.308. The van der Waals surface area contributed by atoms with Crippen molar-refractivity contribution < 1.29 is 4.74 Å². The summed E-state index contributed by atoms with van der Waals surface area (Å²) in [5, 5.41) is 11.7. The van der Waals surface area contributed by atoms with Crippen LogP contribution in [-0.4, -0.2) is 41.5 Å². The molecule has 20 heavy (non-hydrogen) atoms. The Kier molecular flexibility index (Phi) is 3.94. The van der Waals surface area contributed by atoms with Gasteiger partial charge in [-0.05, 0) is 12.1 Å². The maximum absolute atomic E-state index is 6.10. The Hall–Kier alpha value is -1.92. The van der Waals surface area contributed by atoms with Crippen LogP contribution in [-0.2, 0) is 4.74 Å². The molecular formula is C13H14ClN5O. The minimum Gasteiger partial charge on any atom is -0.378 e. The van der Waals surface area contributed by atoms with Gasteiger partial charge in [0, 0.05) is 13.1 Å². The summed E-state index contributed by atoms with van der Waals surface area (Å²) in [6.45, 7) is 3.03. The summed E-state index contributed by atoms with van der Waals surface area (Å²) in [5.74, 6) is 1.22. The maximum atomic E-state index is 6.10. The SMILES string of the molecule is Clc1ccccc1Nc1nncc(N2CCOCC2)n1. The molecule has 1 saturated heterocycles. The summed E-state index contributed by atoms with van der Waals surface area (Å²) in [4.78, 5) is 6.58. The van der Waals surface area contributed by atoms with E-state index in [-0.39, 0.29) is 0 Å². The van der Waals surface area contributed by atoms with Gasteiger partial charge in [-0.15, -0.1) is 5.10 Å². The van der Waals surface area contributed by atoms with Crippen LogP contribution < -0.4 is 10.2 Å². The average Bonchev–Trinajstić information content (AvgIpc) is 2.51. The van der Waals surface area contributed by atoms with E-state index in [1.165, 1.54) is 0 Å². The van der Waals surface area contributed by atoms with E-state index in [1.807, 2.05) is 24.3 Å². The molecule has 1 fully saturated rings. The van der Waals surface area contributed by atoms with Gasteiger partial charge in [-0.1, -0.05) is 23.7 Å². The summed E-state index contributed by atoms with van der Waals surface area (Å²) in [5.41, 5.74) is 0.759. The summed E-state index contributed by atoms with van der Waals surface area (Å²) in [6, 6.07) is 7.44. The maximum Gasteiger partial charge on any atom is 0.249 e. The van der Waals surface area contributed by atoms with Gasteiger partial charge in [0.2, 0.25) is 5.95 Å². The van der Waals surface area contributed by atoms with E-state index in [4.69, 9.17) is 16.3 Å². The van der Waals surface area contributed by atoms with Crippen LogP contribution in [0, 0.1) is 0 Å². The molecule has 0 amide bonds. The Labute approximate surface area is 121 Å². The molecule has 2 aromatic rings. The molecule has 1 aromatic carbocycles. The minimum absolute atomic E-state index is 0.432. The first kappa shape index (κ1) is 13.1. The Morgan fingerprint density at radius 2 is 2.00 bits per heavy atom. The fourth-order valence-corrected chi connectivity index (χ4v) is 2.16. The number of hydrogen-bond donors (Lipinski definition) is 1. The van der Waals surface area contributed by atoms with E-state index in [1.54, 1.807) is 6.20 Å². The van der Waals surface area contributed by atoms with Gasteiger partial charge >= 0.3 is 0 Å². The second-order valence-corrected chi connectivity index (χ2v) is 4.75. The topological polar surface area (TPSA) is 63.2 Å². The first-order valence-electron chi connectivity index (χ1n) is 6.37. The summed E-state index contributed by atoms with van der Waals surface area (Å²) in [7, 11) is 0. The zero-order chi connectivity index (χ0) is 13.8. The van der Waals surface area contributed by atoms with Crippen molar-refractivity contribution in [3.63, 3.8) is 0 Å². The van der Waals surface area contributed by atoms with Gasteiger partial charge in [0.05, 0.1) is 30.1 Å². The van der Waals surface area contributed by atoms with E-state index >= 15 is 0 Å². The van der Waals surface area contributed by atoms with Crippen molar-refractivity contribution in [1.82, 2.24) is 15.2 Å². The summed E-state index contributed by atoms with van der Waals surface area (Å²) >= 11 is 6.10. The van der Waals surface area contributed by atoms with Gasteiger partial charge in [0.1, 0.15) is 0 Å². The Bertz CT molecular complexity index is 588. The molecule has 1 aromatic heterocycles. The van der Waals surface area contributed by atoms with Gasteiger partial charge in [-0.3, -0.25) is 0 Å². The predicted molar refractivity (Wildman–Crippen MR) is 77.6 cm³/mol. The molecule has 0 radical (unpaired) electrons. The van der Waals surface area contributed by atoms with Crippen LogP contribution in [0.1, 0.15) is 0 Å². The number of ether oxygens (including phenoxy) is 1. The van der Waals surface area contributed by atoms with E-state index in [0.29, 0.717) is 24.2 Å². The Morgan fingerprint density at radius 1 is 1.20 bits per heavy atom. The molecule has 7 heteroatoms. The molecule has 6 nitrogen and oxygen atoms in total. The Morgan fingerprint density at radius 3 is 2.80 bits per heavy atom. The molecule has 2 heterocycles. The van der Waals surface area contributed by atoms with Crippen molar-refractivity contribution in [3.05, 3.63) is 35.5 Å². The van der Waals surface area contributed by atoms with E-state index in [2.05, 4.69) is 25.4 Å². The van der Waals surface area contributed by atoms with Crippen molar-refractivity contribution in [3.8, 4) is 0 Å². The van der Waals surface area contributed by atoms with Crippen LogP contribution in [0.2, 0.25) is 5.02 Å². The number of nitrogens with one attached hydrogen (secondary N) is 1. The first-order valence-corrected chi connectivity index (χ1v) is 6.75. The van der Waals surface area contributed by atoms with Crippen LogP contribution >= 0.6 is 11.6 Å². The number of aromatic nitrogens is 3. The standard InChI is InChI=1S/C13H14ClN5O/c14-10-3-1-2-4-11(10)16-13-17-12(9-15-18-13)19-5-7-20-8-6-19/h1-4,9H,5-8H2,(H,16,17,18). The van der Waals surface area contributed by atoms with Crippen LogP contribution in [0.3, 0.4) is 0 Å². The highest BCUT2D eigenvalue weighted by Gasteiger charge is 2.14. The number of nitrogens with zero attached hydrogens (tertiary/aromatic N) is 4. The number of anilines is 3. The van der Waals surface area contributed by atoms with E-state index < -0.39 is 0 Å². The normalized spacial score (nSPS) is 15.2. The van der Waals surface area contributed by atoms with Crippen LogP contribution in [0.15, 0.2) is 30.5 Å². The largest absolute Gasteiger partial charge is 0.378 e. The summed E-state index contributed by atoms with van der Waals surface area (Å²) < 4.78 is 5.32. The first-order chi connectivity index (χ1) is 9.83. The van der Waals surface area contributed by atoms with Crippen molar-refractivity contribution in [1.29, 1.82) is 0 Å². The lowest BCUT2D eigenvalue weighted by Crippen LogP contribution is -2.37. The monoisotopic (exact) mass is 291 g/mol. The van der Waals surface area contributed by atoms with Crippen LogP contribution in [0.25, 0.3) is 0 Å². The van der Waals surface area contributed by atoms with Gasteiger partial charge in [-0.2, -0.15) is 10.1 Å². The molecule has 1 aliphatic rings. The quantitative estimate of drug-likeness (QED) is 0.934. The highest BCUT2D eigenvalue weighted by molar-refractivity contribution is 6.33. The highest BCUT2D eigenvalue weighted by Crippen LogP contribution is 2.23. The van der Waals surface area contributed by atoms with Crippen molar-refractivity contribution >= 4 is 29.1 Å². The molecule has 1 N–H and O–H groups in total. The van der Waals surface area contributed by atoms with Crippen molar-refractivity contribution in [2.24, 2.45) is 0 Å². The van der Waals surface area contributed by atoms with Crippen LogP contribution in [0.5, 0.6) is 0 Å². The molecule has 1 aliphatic heterocycles. The van der Waals surface area contributed by atoms with Gasteiger partial charge in [-0.25, -0.2) is 0 Å². The van der Waals surface area contributed by atoms with Crippen LogP contribution in [0.4, 0.5) is 17.5 Å². The molecule has 104 valence electrons. The third-order valence-electron chi connectivity index (χ3n) is 3.00. The molecule has 0 aliphatic carbocycles. The molecule has 0 atom stereocenters. The number of rotatable bonds is 3. The lowest BCUT2D eigenvalue weighted by atomic mass is 10.3. The minimum atomic E-state index is 0.432. The molecule has 0 saturated carbocycles. The molecule has 0 bridgehead atoms. The Balaban J connectivity index is 1.79. The second kappa shape index (κ2) is 6.02. The smallest absolute Gasteiger partial charge is 0.249 e. The molecule has 3 rings (SSSR count). The molecular weight excluding hydrogens is 278 g/mol. The number of para-hydroxylation sites is 1. The highest BCUT2D eigenvalue weighted by atomic mass is 35.5. The number of hydrogen-bond acceptors (Lipinski definition) is 6. The second-order valence-electron chi connectivity index (χ2n) is 4.34.